The Hall–Kier alpha value is -3.87. The highest BCUT2D eigenvalue weighted by Crippen LogP contribution is 2.38. The maximum absolute atomic E-state index is 13.4. The maximum atomic E-state index is 13.4. The average Bonchev–Trinajstić information content (AvgIpc) is 2.95. The van der Waals surface area contributed by atoms with Crippen molar-refractivity contribution in [3.8, 4) is 5.75 Å². The van der Waals surface area contributed by atoms with E-state index in [2.05, 4.69) is 0 Å². The van der Waals surface area contributed by atoms with E-state index in [0.717, 1.165) is 10.3 Å². The molecule has 0 saturated heterocycles. The third-order valence-electron chi connectivity index (χ3n) is 5.59. The van der Waals surface area contributed by atoms with Gasteiger partial charge in [0.15, 0.2) is 0 Å². The number of nitrogens with zero attached hydrogens (tertiary/aromatic N) is 3. The highest BCUT2D eigenvalue weighted by molar-refractivity contribution is 6.36. The Morgan fingerprint density at radius 1 is 0.793 bits per heavy atom. The van der Waals surface area contributed by atoms with Crippen LogP contribution in [0.4, 0.5) is 5.69 Å². The van der Waals surface area contributed by atoms with Crippen LogP contribution < -0.4 is 15.3 Å². The molecule has 0 saturated carbocycles. The van der Waals surface area contributed by atoms with E-state index in [0.29, 0.717) is 39.0 Å². The van der Waals surface area contributed by atoms with Gasteiger partial charge in [-0.05, 0) is 23.6 Å². The number of imide groups is 1. The Kier molecular flexibility index (Phi) is 3.46. The fourth-order valence-electron chi connectivity index (χ4n) is 4.10. The lowest BCUT2D eigenvalue weighted by Gasteiger charge is -2.28. The van der Waals surface area contributed by atoms with Crippen molar-refractivity contribution >= 4 is 39.3 Å². The molecule has 7 heteroatoms. The van der Waals surface area contributed by atoms with Gasteiger partial charge in [-0.2, -0.15) is 0 Å². The molecule has 0 unspecified atom stereocenters. The monoisotopic (exact) mass is 387 g/mol. The Labute approximate surface area is 165 Å². The first kappa shape index (κ1) is 17.2. The average molecular weight is 387 g/mol. The summed E-state index contributed by atoms with van der Waals surface area (Å²) in [6, 6.07) is 14.1. The van der Waals surface area contributed by atoms with Crippen LogP contribution in [-0.4, -0.2) is 28.1 Å². The Morgan fingerprint density at radius 2 is 1.34 bits per heavy atom. The molecule has 3 aromatic carbocycles. The standard InChI is InChI=1S/C22H17N3O4/c1-23-15-10-17(18(29-3)11-16(15)24(2)22(23)28)25-20(26)13-8-4-6-12-7-5-9-14(19(12)13)21(25)27/h4-11H,1-3H3. The molecular weight excluding hydrogens is 370 g/mol. The van der Waals surface area contributed by atoms with Gasteiger partial charge in [-0.1, -0.05) is 24.3 Å². The fourth-order valence-corrected chi connectivity index (χ4v) is 4.10. The lowest BCUT2D eigenvalue weighted by Crippen LogP contribution is -2.40. The number of hydrogen-bond acceptors (Lipinski definition) is 4. The molecule has 1 aromatic heterocycles. The number of hydrogen-bond donors (Lipinski definition) is 0. The lowest BCUT2D eigenvalue weighted by molar-refractivity contribution is 0.0892. The summed E-state index contributed by atoms with van der Waals surface area (Å²) in [5.41, 5.74) is 2.28. The SMILES string of the molecule is COc1cc2c(cc1N1C(=O)c3cccc4cccc(c34)C1=O)n(C)c(=O)n2C. The van der Waals surface area contributed by atoms with Crippen LogP contribution in [-0.2, 0) is 14.1 Å². The summed E-state index contributed by atoms with van der Waals surface area (Å²) in [5.74, 6) is -0.497. The number of anilines is 1. The quantitative estimate of drug-likeness (QED) is 0.496. The normalized spacial score (nSPS) is 13.6. The van der Waals surface area contributed by atoms with Gasteiger partial charge in [0.2, 0.25) is 0 Å². The van der Waals surface area contributed by atoms with Crippen molar-refractivity contribution in [1.82, 2.24) is 9.13 Å². The number of fused-ring (bicyclic) bond motifs is 1. The number of imidazole rings is 1. The number of amides is 2. The van der Waals surface area contributed by atoms with Gasteiger partial charge < -0.3 is 4.74 Å². The molecule has 0 bridgehead atoms. The Balaban J connectivity index is 1.81. The fraction of sp³-hybridized carbons (Fsp3) is 0.136. The number of aromatic nitrogens is 2. The number of carbonyl (C=O) groups excluding carboxylic acids is 2. The number of methoxy groups -OCH3 is 1. The molecule has 0 N–H and O–H groups in total. The molecule has 7 nitrogen and oxygen atoms in total. The molecule has 0 aliphatic carbocycles. The summed E-state index contributed by atoms with van der Waals surface area (Å²) >= 11 is 0. The van der Waals surface area contributed by atoms with Crippen molar-refractivity contribution < 1.29 is 14.3 Å². The van der Waals surface area contributed by atoms with Crippen LogP contribution in [0.3, 0.4) is 0 Å². The van der Waals surface area contributed by atoms with Crippen LogP contribution in [0.25, 0.3) is 21.8 Å². The summed E-state index contributed by atoms with van der Waals surface area (Å²) in [6.07, 6.45) is 0. The van der Waals surface area contributed by atoms with Crippen molar-refractivity contribution in [1.29, 1.82) is 0 Å². The van der Waals surface area contributed by atoms with Crippen LogP contribution in [0.2, 0.25) is 0 Å². The largest absolute Gasteiger partial charge is 0.494 e. The molecule has 0 fully saturated rings. The van der Waals surface area contributed by atoms with Crippen LogP contribution in [0, 0.1) is 0 Å². The van der Waals surface area contributed by atoms with Gasteiger partial charge in [0.05, 0.1) is 23.8 Å². The molecule has 1 aliphatic heterocycles. The summed E-state index contributed by atoms with van der Waals surface area (Å²) in [7, 11) is 4.79. The molecule has 4 aromatic rings. The second kappa shape index (κ2) is 5.81. The minimum absolute atomic E-state index is 0.203. The summed E-state index contributed by atoms with van der Waals surface area (Å²) in [5, 5.41) is 1.50. The van der Waals surface area contributed by atoms with Gasteiger partial charge >= 0.3 is 5.69 Å². The number of aryl methyl sites for hydroxylation is 2. The van der Waals surface area contributed by atoms with E-state index in [1.54, 1.807) is 50.5 Å². The van der Waals surface area contributed by atoms with Crippen molar-refractivity contribution in [3.63, 3.8) is 0 Å². The molecule has 0 atom stereocenters. The van der Waals surface area contributed by atoms with Crippen LogP contribution in [0.5, 0.6) is 5.75 Å². The second-order valence-corrected chi connectivity index (χ2v) is 7.07. The third-order valence-corrected chi connectivity index (χ3v) is 5.59. The van der Waals surface area contributed by atoms with Gasteiger partial charge in [-0.25, -0.2) is 9.69 Å². The molecule has 5 rings (SSSR count). The topological polar surface area (TPSA) is 73.5 Å². The van der Waals surface area contributed by atoms with Crippen molar-refractivity contribution in [2.24, 2.45) is 14.1 Å². The third kappa shape index (κ3) is 2.15. The first-order chi connectivity index (χ1) is 13.9. The lowest BCUT2D eigenvalue weighted by atomic mass is 9.93. The van der Waals surface area contributed by atoms with Gasteiger partial charge in [0.25, 0.3) is 11.8 Å². The van der Waals surface area contributed by atoms with E-state index in [4.69, 9.17) is 4.74 Å². The molecule has 144 valence electrons. The first-order valence-electron chi connectivity index (χ1n) is 9.08. The van der Waals surface area contributed by atoms with Gasteiger partial charge in [0, 0.05) is 36.7 Å². The van der Waals surface area contributed by atoms with E-state index < -0.39 is 11.8 Å². The summed E-state index contributed by atoms with van der Waals surface area (Å²) in [6.45, 7) is 0. The van der Waals surface area contributed by atoms with Crippen molar-refractivity contribution in [3.05, 3.63) is 70.1 Å². The summed E-state index contributed by atoms with van der Waals surface area (Å²) < 4.78 is 8.47. The molecule has 2 heterocycles. The number of carbonyl (C=O) groups is 2. The molecule has 0 radical (unpaired) electrons. The zero-order valence-corrected chi connectivity index (χ0v) is 16.1. The molecule has 2 amide bonds. The second-order valence-electron chi connectivity index (χ2n) is 7.07. The minimum atomic E-state index is -0.419. The molecule has 1 aliphatic rings. The highest BCUT2D eigenvalue weighted by atomic mass is 16.5. The van der Waals surface area contributed by atoms with Crippen molar-refractivity contribution in [2.45, 2.75) is 0 Å². The predicted octanol–water partition coefficient (Wildman–Crippen LogP) is 2.84. The zero-order chi connectivity index (χ0) is 20.4. The van der Waals surface area contributed by atoms with E-state index >= 15 is 0 Å². The van der Waals surface area contributed by atoms with Crippen LogP contribution in [0.15, 0.2) is 53.3 Å². The molecule has 0 spiro atoms. The Bertz CT molecular complexity index is 1380. The van der Waals surface area contributed by atoms with E-state index in [1.165, 1.54) is 16.2 Å². The van der Waals surface area contributed by atoms with Gasteiger partial charge in [-0.3, -0.25) is 18.7 Å². The van der Waals surface area contributed by atoms with Gasteiger partial charge in [-0.15, -0.1) is 0 Å². The number of benzene rings is 3. The maximum Gasteiger partial charge on any atom is 0.328 e. The number of rotatable bonds is 2. The molecular formula is C22H17N3O4. The van der Waals surface area contributed by atoms with Crippen molar-refractivity contribution in [2.75, 3.05) is 12.0 Å². The predicted molar refractivity (Wildman–Crippen MR) is 110 cm³/mol. The first-order valence-corrected chi connectivity index (χ1v) is 9.08. The van der Waals surface area contributed by atoms with Gasteiger partial charge in [0.1, 0.15) is 5.75 Å². The van der Waals surface area contributed by atoms with E-state index in [9.17, 15) is 14.4 Å². The van der Waals surface area contributed by atoms with Crippen LogP contribution in [0.1, 0.15) is 20.7 Å². The smallest absolute Gasteiger partial charge is 0.328 e. The Morgan fingerprint density at radius 3 is 1.90 bits per heavy atom. The molecule has 29 heavy (non-hydrogen) atoms. The summed E-state index contributed by atoms with van der Waals surface area (Å²) in [4.78, 5) is 40.2. The highest BCUT2D eigenvalue weighted by Gasteiger charge is 2.35. The van der Waals surface area contributed by atoms with Crippen LogP contribution >= 0.6 is 0 Å². The minimum Gasteiger partial charge on any atom is -0.494 e. The van der Waals surface area contributed by atoms with E-state index in [-0.39, 0.29) is 5.69 Å². The zero-order valence-electron chi connectivity index (χ0n) is 16.1. The number of ether oxygens (including phenoxy) is 1. The van der Waals surface area contributed by atoms with E-state index in [1.807, 2.05) is 12.1 Å².